The highest BCUT2D eigenvalue weighted by Gasteiger charge is 2.36. The third-order valence-electron chi connectivity index (χ3n) is 4.94. The summed E-state index contributed by atoms with van der Waals surface area (Å²) in [5.74, 6) is 6.78. The minimum Gasteiger partial charge on any atom is -0.466 e. The normalized spacial score (nSPS) is 33.4. The van der Waals surface area contributed by atoms with Crippen LogP contribution in [0.25, 0.3) is 0 Å². The van der Waals surface area contributed by atoms with Gasteiger partial charge in [-0.25, -0.2) is 0 Å². The lowest BCUT2D eigenvalue weighted by Crippen LogP contribution is -3.13. The highest BCUT2D eigenvalue weighted by atomic mass is 16.5. The molecule has 1 N–H and O–H groups in total. The van der Waals surface area contributed by atoms with Crippen molar-refractivity contribution in [1.82, 2.24) is 0 Å². The zero-order chi connectivity index (χ0) is 16.9. The summed E-state index contributed by atoms with van der Waals surface area (Å²) in [5, 5.41) is 0. The molecule has 2 rings (SSSR count). The fourth-order valence-corrected chi connectivity index (χ4v) is 3.71. The van der Waals surface area contributed by atoms with Crippen molar-refractivity contribution in [2.75, 3.05) is 26.2 Å². The van der Waals surface area contributed by atoms with Gasteiger partial charge in [-0.3, -0.25) is 4.79 Å². The number of ether oxygens (including phenoxy) is 2. The molecule has 23 heavy (non-hydrogen) atoms. The Hall–Kier alpha value is -1.05. The molecule has 2 aliphatic heterocycles. The van der Waals surface area contributed by atoms with E-state index in [0.717, 1.165) is 45.3 Å². The summed E-state index contributed by atoms with van der Waals surface area (Å²) in [6.07, 6.45) is 5.13. The van der Waals surface area contributed by atoms with Crippen molar-refractivity contribution in [3.05, 3.63) is 0 Å². The Balaban J connectivity index is 1.79. The molecular formula is C19H32NO3+. The van der Waals surface area contributed by atoms with E-state index in [9.17, 15) is 4.79 Å². The number of rotatable bonds is 3. The van der Waals surface area contributed by atoms with E-state index in [4.69, 9.17) is 9.47 Å². The molecule has 0 saturated carbocycles. The van der Waals surface area contributed by atoms with Crippen molar-refractivity contribution in [3.8, 4) is 11.8 Å². The number of esters is 1. The lowest BCUT2D eigenvalue weighted by atomic mass is 9.88. The Bertz CT molecular complexity index is 469. The zero-order valence-electron chi connectivity index (χ0n) is 15.2. The van der Waals surface area contributed by atoms with Crippen LogP contribution in [0.3, 0.4) is 0 Å². The molecule has 0 aromatic carbocycles. The number of nitrogens with one attached hydrogen (secondary N) is 1. The van der Waals surface area contributed by atoms with Gasteiger partial charge < -0.3 is 14.4 Å². The summed E-state index contributed by atoms with van der Waals surface area (Å²) in [6.45, 7) is 11.6. The van der Waals surface area contributed by atoms with Crippen LogP contribution < -0.4 is 4.90 Å². The van der Waals surface area contributed by atoms with Crippen molar-refractivity contribution < 1.29 is 19.2 Å². The fourth-order valence-electron chi connectivity index (χ4n) is 3.71. The largest absolute Gasteiger partial charge is 0.466 e. The molecule has 0 aliphatic carbocycles. The monoisotopic (exact) mass is 322 g/mol. The third-order valence-corrected chi connectivity index (χ3v) is 4.94. The standard InChI is InChI=1S/C19H31NO3/c1-5-22-17(21)16-8-14-20(15-9-16)13-7-12-19(4)11-6-10-18(2,3)23-19/h16H,5-6,8-11,13-15H2,1-4H3/p+1/t19-/m0/s1. The minimum absolute atomic E-state index is 0.0250. The molecule has 2 fully saturated rings. The van der Waals surface area contributed by atoms with Crippen LogP contribution in [0.1, 0.15) is 59.8 Å². The second kappa shape index (κ2) is 7.68. The maximum absolute atomic E-state index is 11.8. The van der Waals surface area contributed by atoms with Crippen LogP contribution in [-0.2, 0) is 14.3 Å². The first kappa shape index (κ1) is 18.3. The van der Waals surface area contributed by atoms with Gasteiger partial charge in [0.1, 0.15) is 12.1 Å². The van der Waals surface area contributed by atoms with E-state index in [1.54, 1.807) is 0 Å². The van der Waals surface area contributed by atoms with Gasteiger partial charge in [0.25, 0.3) is 0 Å². The van der Waals surface area contributed by atoms with Crippen molar-refractivity contribution in [2.45, 2.75) is 71.0 Å². The van der Waals surface area contributed by atoms with E-state index in [0.29, 0.717) is 6.61 Å². The summed E-state index contributed by atoms with van der Waals surface area (Å²) in [7, 11) is 0. The van der Waals surface area contributed by atoms with E-state index < -0.39 is 0 Å². The molecule has 0 radical (unpaired) electrons. The van der Waals surface area contributed by atoms with Crippen LogP contribution in [0.5, 0.6) is 0 Å². The molecule has 0 bridgehead atoms. The van der Waals surface area contributed by atoms with Crippen molar-refractivity contribution in [2.24, 2.45) is 5.92 Å². The van der Waals surface area contributed by atoms with E-state index in [1.165, 1.54) is 11.3 Å². The molecular weight excluding hydrogens is 290 g/mol. The second-order valence-corrected chi connectivity index (χ2v) is 7.70. The highest BCUT2D eigenvalue weighted by molar-refractivity contribution is 5.72. The van der Waals surface area contributed by atoms with Crippen LogP contribution in [0.15, 0.2) is 0 Å². The molecule has 2 aliphatic rings. The van der Waals surface area contributed by atoms with Crippen molar-refractivity contribution in [3.63, 3.8) is 0 Å². The maximum atomic E-state index is 11.8. The molecule has 4 heteroatoms. The lowest BCUT2D eigenvalue weighted by molar-refractivity contribution is -0.898. The number of piperidine rings is 1. The molecule has 2 heterocycles. The van der Waals surface area contributed by atoms with E-state index in [-0.39, 0.29) is 23.1 Å². The SMILES string of the molecule is CCOC(=O)C1CC[NH+](CC#C[C@]2(C)CCCC(C)(C)O2)CC1. The van der Waals surface area contributed by atoms with Gasteiger partial charge in [-0.15, -0.1) is 0 Å². The van der Waals surface area contributed by atoms with Crippen LogP contribution in [0.4, 0.5) is 0 Å². The molecule has 0 spiro atoms. The van der Waals surface area contributed by atoms with Crippen LogP contribution >= 0.6 is 0 Å². The van der Waals surface area contributed by atoms with Gasteiger partial charge >= 0.3 is 5.97 Å². The summed E-state index contributed by atoms with van der Waals surface area (Å²) >= 11 is 0. The van der Waals surface area contributed by atoms with Crippen LogP contribution in [-0.4, -0.2) is 43.4 Å². The molecule has 130 valence electrons. The van der Waals surface area contributed by atoms with Gasteiger partial charge in [0.05, 0.1) is 31.2 Å². The van der Waals surface area contributed by atoms with Gasteiger partial charge in [0, 0.05) is 12.8 Å². The summed E-state index contributed by atoms with van der Waals surface area (Å²) < 4.78 is 11.3. The molecule has 0 amide bonds. The van der Waals surface area contributed by atoms with Crippen LogP contribution in [0.2, 0.25) is 0 Å². The number of likely N-dealkylation sites (tertiary alicyclic amines) is 1. The average molecular weight is 322 g/mol. The Kier molecular flexibility index (Phi) is 6.11. The van der Waals surface area contributed by atoms with Gasteiger partial charge in [0.15, 0.2) is 0 Å². The predicted octanol–water partition coefficient (Wildman–Crippen LogP) is 1.59. The zero-order valence-corrected chi connectivity index (χ0v) is 15.2. The fraction of sp³-hybridized carbons (Fsp3) is 0.842. The number of hydrogen-bond donors (Lipinski definition) is 1. The topological polar surface area (TPSA) is 40.0 Å². The molecule has 0 unspecified atom stereocenters. The summed E-state index contributed by atoms with van der Waals surface area (Å²) in [4.78, 5) is 13.2. The van der Waals surface area contributed by atoms with Gasteiger partial charge in [-0.05, 0) is 52.9 Å². The molecule has 1 atom stereocenters. The van der Waals surface area contributed by atoms with Gasteiger partial charge in [-0.1, -0.05) is 5.92 Å². The second-order valence-electron chi connectivity index (χ2n) is 7.70. The first-order chi connectivity index (χ1) is 10.8. The molecule has 2 saturated heterocycles. The third kappa shape index (κ3) is 5.51. The average Bonchev–Trinajstić information content (AvgIpc) is 2.46. The molecule has 0 aromatic heterocycles. The lowest BCUT2D eigenvalue weighted by Gasteiger charge is -2.40. The van der Waals surface area contributed by atoms with E-state index in [1.807, 2.05) is 6.92 Å². The quantitative estimate of drug-likeness (QED) is 0.633. The smallest absolute Gasteiger partial charge is 0.309 e. The summed E-state index contributed by atoms with van der Waals surface area (Å²) in [5.41, 5.74) is -0.364. The first-order valence-electron chi connectivity index (χ1n) is 9.04. The minimum atomic E-state index is -0.301. The summed E-state index contributed by atoms with van der Waals surface area (Å²) in [6, 6.07) is 0. The van der Waals surface area contributed by atoms with E-state index >= 15 is 0 Å². The predicted molar refractivity (Wildman–Crippen MR) is 90.1 cm³/mol. The number of carbonyl (C=O) groups is 1. The van der Waals surface area contributed by atoms with Gasteiger partial charge in [0.2, 0.25) is 0 Å². The maximum Gasteiger partial charge on any atom is 0.309 e. The molecule has 0 aromatic rings. The number of carbonyl (C=O) groups excluding carboxylic acids is 1. The van der Waals surface area contributed by atoms with Crippen molar-refractivity contribution in [1.29, 1.82) is 0 Å². The first-order valence-corrected chi connectivity index (χ1v) is 9.04. The Morgan fingerprint density at radius 3 is 2.57 bits per heavy atom. The van der Waals surface area contributed by atoms with Crippen LogP contribution in [0, 0.1) is 17.8 Å². The molecule has 4 nitrogen and oxygen atoms in total. The Morgan fingerprint density at radius 2 is 1.96 bits per heavy atom. The Morgan fingerprint density at radius 1 is 1.26 bits per heavy atom. The Labute approximate surface area is 140 Å². The van der Waals surface area contributed by atoms with Crippen molar-refractivity contribution >= 4 is 5.97 Å². The number of quaternary nitrogens is 1. The highest BCUT2D eigenvalue weighted by Crippen LogP contribution is 2.34. The van der Waals surface area contributed by atoms with Gasteiger partial charge in [-0.2, -0.15) is 0 Å². The number of hydrogen-bond acceptors (Lipinski definition) is 3. The van der Waals surface area contributed by atoms with E-state index in [2.05, 4.69) is 32.6 Å².